The molecule has 0 saturated heterocycles. The Morgan fingerprint density at radius 1 is 1.09 bits per heavy atom. The van der Waals surface area contributed by atoms with Crippen molar-refractivity contribution in [2.45, 2.75) is 12.5 Å². The minimum Gasteiger partial charge on any atom is -0.493 e. The first kappa shape index (κ1) is 16.8. The summed E-state index contributed by atoms with van der Waals surface area (Å²) in [6.45, 7) is 0.147. The number of carbonyl (C=O) groups is 2. The summed E-state index contributed by atoms with van der Waals surface area (Å²) in [5, 5.41) is 12.3. The molecule has 2 aromatic carbocycles. The fraction of sp³-hybridized carbons (Fsp3) is 0.176. The van der Waals surface area contributed by atoms with Gasteiger partial charge in [-0.05, 0) is 29.8 Å². The number of hydrogen-bond acceptors (Lipinski definition) is 3. The monoisotopic (exact) mass is 333 g/mol. The molecule has 0 spiro atoms. The zero-order chi connectivity index (χ0) is 16.7. The van der Waals surface area contributed by atoms with E-state index in [4.69, 9.17) is 16.3 Å². The summed E-state index contributed by atoms with van der Waals surface area (Å²) in [5.41, 5.74) is 0.520. The van der Waals surface area contributed by atoms with Crippen molar-refractivity contribution in [2.75, 3.05) is 6.61 Å². The summed E-state index contributed by atoms with van der Waals surface area (Å²) >= 11 is 5.77. The Labute approximate surface area is 138 Å². The maximum Gasteiger partial charge on any atom is 0.330 e. The summed E-state index contributed by atoms with van der Waals surface area (Å²) in [5.74, 6) is -0.904. The Balaban J connectivity index is 1.85. The highest BCUT2D eigenvalue weighted by Crippen LogP contribution is 2.16. The van der Waals surface area contributed by atoms with E-state index in [2.05, 4.69) is 5.32 Å². The van der Waals surface area contributed by atoms with Crippen LogP contribution in [0.1, 0.15) is 18.0 Å². The van der Waals surface area contributed by atoms with Crippen LogP contribution in [0.25, 0.3) is 0 Å². The van der Waals surface area contributed by atoms with Gasteiger partial charge in [0.25, 0.3) is 0 Å². The first-order valence-corrected chi connectivity index (χ1v) is 7.39. The predicted molar refractivity (Wildman–Crippen MR) is 86.5 cm³/mol. The SMILES string of the molecule is O=C(CCOc1ccc(Cl)cc1)N[C@H](C(=O)O)c1ccccc1. The van der Waals surface area contributed by atoms with Crippen molar-refractivity contribution in [3.63, 3.8) is 0 Å². The van der Waals surface area contributed by atoms with E-state index in [1.165, 1.54) is 0 Å². The van der Waals surface area contributed by atoms with Crippen LogP contribution in [0.3, 0.4) is 0 Å². The Morgan fingerprint density at radius 2 is 1.74 bits per heavy atom. The lowest BCUT2D eigenvalue weighted by Gasteiger charge is -2.15. The molecule has 0 saturated carbocycles. The van der Waals surface area contributed by atoms with Gasteiger partial charge in [0.2, 0.25) is 5.91 Å². The topological polar surface area (TPSA) is 75.6 Å². The van der Waals surface area contributed by atoms with Gasteiger partial charge in [0.15, 0.2) is 6.04 Å². The van der Waals surface area contributed by atoms with Crippen molar-refractivity contribution in [1.29, 1.82) is 0 Å². The Kier molecular flexibility index (Phi) is 6.00. The molecule has 23 heavy (non-hydrogen) atoms. The number of carboxylic acid groups (broad SMARTS) is 1. The van der Waals surface area contributed by atoms with Gasteiger partial charge < -0.3 is 15.2 Å². The lowest BCUT2D eigenvalue weighted by atomic mass is 10.1. The minimum atomic E-state index is -1.11. The predicted octanol–water partition coefficient (Wildman–Crippen LogP) is 3.05. The largest absolute Gasteiger partial charge is 0.493 e. The van der Waals surface area contributed by atoms with Gasteiger partial charge in [0, 0.05) is 5.02 Å². The summed E-state index contributed by atoms with van der Waals surface area (Å²) in [7, 11) is 0. The third kappa shape index (κ3) is 5.30. The number of carbonyl (C=O) groups excluding carboxylic acids is 1. The van der Waals surface area contributed by atoms with E-state index in [9.17, 15) is 14.7 Å². The molecule has 2 aromatic rings. The molecule has 2 N–H and O–H groups in total. The molecule has 1 amide bonds. The highest BCUT2D eigenvalue weighted by atomic mass is 35.5. The Hall–Kier alpha value is -2.53. The highest BCUT2D eigenvalue weighted by molar-refractivity contribution is 6.30. The molecule has 0 fully saturated rings. The van der Waals surface area contributed by atoms with Crippen molar-refractivity contribution in [1.82, 2.24) is 5.32 Å². The van der Waals surface area contributed by atoms with Crippen molar-refractivity contribution in [2.24, 2.45) is 0 Å². The number of amides is 1. The lowest BCUT2D eigenvalue weighted by Crippen LogP contribution is -2.34. The molecule has 0 unspecified atom stereocenters. The van der Waals surface area contributed by atoms with Crippen molar-refractivity contribution >= 4 is 23.5 Å². The number of nitrogens with one attached hydrogen (secondary N) is 1. The standard InChI is InChI=1S/C17H16ClNO4/c18-13-6-8-14(9-7-13)23-11-10-15(20)19-16(17(21)22)12-4-2-1-3-5-12/h1-9,16H,10-11H2,(H,19,20)(H,21,22)/t16-/m0/s1. The van der Waals surface area contributed by atoms with Gasteiger partial charge in [-0.15, -0.1) is 0 Å². The van der Waals surface area contributed by atoms with Crippen LogP contribution >= 0.6 is 11.6 Å². The molecule has 0 aromatic heterocycles. The van der Waals surface area contributed by atoms with Gasteiger partial charge in [-0.25, -0.2) is 4.79 Å². The van der Waals surface area contributed by atoms with Crippen LogP contribution in [0.5, 0.6) is 5.75 Å². The molecule has 5 nitrogen and oxygen atoms in total. The van der Waals surface area contributed by atoms with E-state index in [1.54, 1.807) is 54.6 Å². The molecule has 1 atom stereocenters. The summed E-state index contributed by atoms with van der Waals surface area (Å²) in [4.78, 5) is 23.2. The van der Waals surface area contributed by atoms with Crippen molar-refractivity contribution in [3.8, 4) is 5.75 Å². The third-order valence-corrected chi connectivity index (χ3v) is 3.35. The molecular formula is C17H16ClNO4. The van der Waals surface area contributed by atoms with Crippen molar-refractivity contribution < 1.29 is 19.4 Å². The number of ether oxygens (including phenoxy) is 1. The molecule has 0 aliphatic heterocycles. The summed E-state index contributed by atoms with van der Waals surface area (Å²) < 4.78 is 5.41. The van der Waals surface area contributed by atoms with Crippen LogP contribution in [0, 0.1) is 0 Å². The molecule has 0 bridgehead atoms. The fourth-order valence-electron chi connectivity index (χ4n) is 1.96. The third-order valence-electron chi connectivity index (χ3n) is 3.10. The molecule has 0 radical (unpaired) electrons. The zero-order valence-corrected chi connectivity index (χ0v) is 13.0. The molecule has 0 heterocycles. The number of carboxylic acids is 1. The van der Waals surface area contributed by atoms with Gasteiger partial charge in [-0.3, -0.25) is 4.79 Å². The second-order valence-corrected chi connectivity index (χ2v) is 5.24. The van der Waals surface area contributed by atoms with Gasteiger partial charge in [-0.1, -0.05) is 41.9 Å². The normalized spacial score (nSPS) is 11.5. The van der Waals surface area contributed by atoms with E-state index < -0.39 is 17.9 Å². The summed E-state index contributed by atoms with van der Waals surface area (Å²) in [6.07, 6.45) is 0.0548. The Morgan fingerprint density at radius 3 is 2.35 bits per heavy atom. The van der Waals surface area contributed by atoms with E-state index in [-0.39, 0.29) is 13.0 Å². The van der Waals surface area contributed by atoms with Gasteiger partial charge in [0.1, 0.15) is 5.75 Å². The molecule has 2 rings (SSSR count). The first-order chi connectivity index (χ1) is 11.1. The smallest absolute Gasteiger partial charge is 0.330 e. The van der Waals surface area contributed by atoms with E-state index >= 15 is 0 Å². The second-order valence-electron chi connectivity index (χ2n) is 4.80. The maximum atomic E-state index is 11.9. The average molecular weight is 334 g/mol. The molecule has 0 aliphatic rings. The van der Waals surface area contributed by atoms with Crippen LogP contribution in [-0.4, -0.2) is 23.6 Å². The minimum absolute atomic E-state index is 0.0548. The number of benzene rings is 2. The maximum absolute atomic E-state index is 11.9. The van der Waals surface area contributed by atoms with Crippen LogP contribution in [0.15, 0.2) is 54.6 Å². The molecule has 6 heteroatoms. The van der Waals surface area contributed by atoms with E-state index in [1.807, 2.05) is 0 Å². The zero-order valence-electron chi connectivity index (χ0n) is 12.2. The second kappa shape index (κ2) is 8.19. The molecule has 120 valence electrons. The molecular weight excluding hydrogens is 318 g/mol. The van der Waals surface area contributed by atoms with Gasteiger partial charge in [0.05, 0.1) is 13.0 Å². The summed E-state index contributed by atoms with van der Waals surface area (Å²) in [6, 6.07) is 14.2. The quantitative estimate of drug-likeness (QED) is 0.816. The lowest BCUT2D eigenvalue weighted by molar-refractivity contribution is -0.142. The van der Waals surface area contributed by atoms with Crippen molar-refractivity contribution in [3.05, 3.63) is 65.2 Å². The average Bonchev–Trinajstić information content (AvgIpc) is 2.55. The van der Waals surface area contributed by atoms with Crippen LogP contribution in [0.2, 0.25) is 5.02 Å². The van der Waals surface area contributed by atoms with E-state index in [0.29, 0.717) is 16.3 Å². The van der Waals surface area contributed by atoms with Gasteiger partial charge >= 0.3 is 5.97 Å². The number of rotatable bonds is 7. The highest BCUT2D eigenvalue weighted by Gasteiger charge is 2.21. The van der Waals surface area contributed by atoms with Crippen LogP contribution in [-0.2, 0) is 9.59 Å². The van der Waals surface area contributed by atoms with Gasteiger partial charge in [-0.2, -0.15) is 0 Å². The molecule has 0 aliphatic carbocycles. The fourth-order valence-corrected chi connectivity index (χ4v) is 2.08. The van der Waals surface area contributed by atoms with Crippen LogP contribution in [0.4, 0.5) is 0 Å². The Bertz CT molecular complexity index is 658. The number of aliphatic carboxylic acids is 1. The number of halogens is 1. The first-order valence-electron chi connectivity index (χ1n) is 7.02. The van der Waals surface area contributed by atoms with Crippen LogP contribution < -0.4 is 10.1 Å². The van der Waals surface area contributed by atoms with E-state index in [0.717, 1.165) is 0 Å². The number of hydrogen-bond donors (Lipinski definition) is 2.